The number of Topliss-reactive ketones (excluding diaryl/α,β-unsaturated/α-hetero) is 1. The lowest BCUT2D eigenvalue weighted by atomic mass is 9.94. The predicted molar refractivity (Wildman–Crippen MR) is 112 cm³/mol. The molecule has 1 unspecified atom stereocenters. The second-order valence-electron chi connectivity index (χ2n) is 7.12. The number of likely N-dealkylation sites (tertiary alicyclic amines) is 1. The van der Waals surface area contributed by atoms with E-state index in [2.05, 4.69) is 0 Å². The van der Waals surface area contributed by atoms with Crippen molar-refractivity contribution in [2.24, 2.45) is 0 Å². The number of aliphatic hydroxyl groups excluding tert-OH is 1. The summed E-state index contributed by atoms with van der Waals surface area (Å²) in [6, 6.07) is 10.8. The minimum Gasteiger partial charge on any atom is -0.507 e. The maximum Gasteiger partial charge on any atom is 0.305 e. The summed E-state index contributed by atoms with van der Waals surface area (Å²) >= 11 is 0. The Morgan fingerprint density at radius 1 is 1.00 bits per heavy atom. The molecule has 1 saturated heterocycles. The van der Waals surface area contributed by atoms with Gasteiger partial charge in [0.25, 0.3) is 11.7 Å². The number of carboxylic acids is 1. The van der Waals surface area contributed by atoms with Gasteiger partial charge in [-0.1, -0.05) is 35.9 Å². The summed E-state index contributed by atoms with van der Waals surface area (Å²) in [5.41, 5.74) is 1.73. The number of carboxylic acid groups (broad SMARTS) is 1. The van der Waals surface area contributed by atoms with Gasteiger partial charge in [-0.15, -0.1) is 0 Å². The van der Waals surface area contributed by atoms with Crippen molar-refractivity contribution in [1.82, 2.24) is 4.90 Å². The number of aryl methyl sites for hydroxylation is 1. The first-order valence-corrected chi connectivity index (χ1v) is 9.57. The van der Waals surface area contributed by atoms with Gasteiger partial charge in [0.2, 0.25) is 0 Å². The van der Waals surface area contributed by atoms with E-state index in [0.29, 0.717) is 22.6 Å². The zero-order chi connectivity index (χ0) is 22.7. The van der Waals surface area contributed by atoms with Crippen molar-refractivity contribution < 1.29 is 34.1 Å². The zero-order valence-electron chi connectivity index (χ0n) is 17.4. The van der Waals surface area contributed by atoms with Crippen molar-refractivity contribution in [3.8, 4) is 11.5 Å². The smallest absolute Gasteiger partial charge is 0.305 e. The fourth-order valence-electron chi connectivity index (χ4n) is 3.56. The monoisotopic (exact) mass is 425 g/mol. The number of aliphatic carboxylic acids is 1. The van der Waals surface area contributed by atoms with Crippen LogP contribution in [0.3, 0.4) is 0 Å². The molecule has 0 spiro atoms. The largest absolute Gasteiger partial charge is 0.507 e. The van der Waals surface area contributed by atoms with E-state index in [9.17, 15) is 19.5 Å². The van der Waals surface area contributed by atoms with Crippen LogP contribution in [0.1, 0.15) is 29.2 Å². The number of ketones is 1. The van der Waals surface area contributed by atoms with Crippen molar-refractivity contribution in [3.05, 3.63) is 64.7 Å². The van der Waals surface area contributed by atoms with Crippen LogP contribution in [0.5, 0.6) is 11.5 Å². The molecule has 2 N–H and O–H groups in total. The third kappa shape index (κ3) is 4.23. The van der Waals surface area contributed by atoms with Crippen LogP contribution in [-0.2, 0) is 14.4 Å². The first-order valence-electron chi connectivity index (χ1n) is 9.57. The molecule has 0 saturated carbocycles. The third-order valence-electron chi connectivity index (χ3n) is 5.15. The summed E-state index contributed by atoms with van der Waals surface area (Å²) in [4.78, 5) is 37.9. The van der Waals surface area contributed by atoms with Crippen LogP contribution in [0.4, 0.5) is 0 Å². The molecule has 31 heavy (non-hydrogen) atoms. The molecule has 1 aliphatic heterocycles. The highest BCUT2D eigenvalue weighted by Gasteiger charge is 2.46. The number of carbonyl (C=O) groups excluding carboxylic acids is 2. The van der Waals surface area contributed by atoms with E-state index in [1.54, 1.807) is 42.5 Å². The molecule has 1 aliphatic rings. The first kappa shape index (κ1) is 21.9. The maximum absolute atomic E-state index is 12.9. The van der Waals surface area contributed by atoms with Gasteiger partial charge in [-0.2, -0.15) is 0 Å². The molecule has 8 nitrogen and oxygen atoms in total. The molecule has 1 amide bonds. The fraction of sp³-hybridized carbons (Fsp3) is 0.261. The maximum atomic E-state index is 12.9. The van der Waals surface area contributed by atoms with Gasteiger partial charge < -0.3 is 24.6 Å². The zero-order valence-corrected chi connectivity index (χ0v) is 17.4. The minimum atomic E-state index is -1.11. The molecule has 162 valence electrons. The number of methoxy groups -OCH3 is 2. The van der Waals surface area contributed by atoms with Gasteiger partial charge in [0.1, 0.15) is 5.76 Å². The van der Waals surface area contributed by atoms with E-state index in [4.69, 9.17) is 14.6 Å². The number of rotatable bonds is 7. The van der Waals surface area contributed by atoms with Gasteiger partial charge in [0, 0.05) is 12.1 Å². The Hall–Kier alpha value is -3.81. The van der Waals surface area contributed by atoms with Crippen molar-refractivity contribution in [2.75, 3.05) is 20.8 Å². The lowest BCUT2D eigenvalue weighted by molar-refractivity contribution is -0.142. The van der Waals surface area contributed by atoms with Gasteiger partial charge in [-0.3, -0.25) is 14.4 Å². The predicted octanol–water partition coefficient (Wildman–Crippen LogP) is 2.91. The number of hydrogen-bond donors (Lipinski definition) is 2. The summed E-state index contributed by atoms with van der Waals surface area (Å²) in [5, 5.41) is 20.1. The van der Waals surface area contributed by atoms with Gasteiger partial charge in [-0.25, -0.2) is 0 Å². The molecule has 0 aromatic heterocycles. The average molecular weight is 425 g/mol. The number of carbonyl (C=O) groups is 3. The van der Waals surface area contributed by atoms with E-state index < -0.39 is 23.7 Å². The average Bonchev–Trinajstić information content (AvgIpc) is 3.01. The molecule has 0 aliphatic carbocycles. The van der Waals surface area contributed by atoms with Crippen LogP contribution in [0.15, 0.2) is 48.0 Å². The molecular formula is C23H23NO7. The Balaban J connectivity index is 2.19. The fourth-order valence-corrected chi connectivity index (χ4v) is 3.56. The summed E-state index contributed by atoms with van der Waals surface area (Å²) in [6.45, 7) is 1.70. The van der Waals surface area contributed by atoms with E-state index >= 15 is 0 Å². The molecule has 3 rings (SSSR count). The van der Waals surface area contributed by atoms with Crippen molar-refractivity contribution in [3.63, 3.8) is 0 Å². The van der Waals surface area contributed by atoms with Gasteiger partial charge in [0.15, 0.2) is 11.5 Å². The highest BCUT2D eigenvalue weighted by Crippen LogP contribution is 2.42. The third-order valence-corrected chi connectivity index (χ3v) is 5.15. The molecule has 1 fully saturated rings. The van der Waals surface area contributed by atoms with Crippen molar-refractivity contribution in [1.29, 1.82) is 0 Å². The van der Waals surface area contributed by atoms with Crippen LogP contribution in [0.2, 0.25) is 0 Å². The van der Waals surface area contributed by atoms with Gasteiger partial charge >= 0.3 is 5.97 Å². The molecule has 8 heteroatoms. The van der Waals surface area contributed by atoms with E-state index in [-0.39, 0.29) is 24.3 Å². The lowest BCUT2D eigenvalue weighted by Gasteiger charge is -2.25. The van der Waals surface area contributed by atoms with E-state index in [0.717, 1.165) is 10.5 Å². The summed E-state index contributed by atoms with van der Waals surface area (Å²) in [6.07, 6.45) is -0.346. The number of hydrogen-bond acceptors (Lipinski definition) is 6. The number of benzene rings is 2. The van der Waals surface area contributed by atoms with Crippen LogP contribution in [0, 0.1) is 6.92 Å². The number of ether oxygens (including phenoxy) is 2. The van der Waals surface area contributed by atoms with E-state index in [1.165, 1.54) is 14.2 Å². The molecule has 2 aromatic carbocycles. The Kier molecular flexibility index (Phi) is 6.29. The topological polar surface area (TPSA) is 113 Å². The molecular weight excluding hydrogens is 402 g/mol. The molecule has 0 radical (unpaired) electrons. The first-order chi connectivity index (χ1) is 14.8. The van der Waals surface area contributed by atoms with Crippen LogP contribution >= 0.6 is 0 Å². The van der Waals surface area contributed by atoms with Crippen LogP contribution < -0.4 is 9.47 Å². The highest BCUT2D eigenvalue weighted by atomic mass is 16.5. The number of amides is 1. The van der Waals surface area contributed by atoms with Crippen molar-refractivity contribution >= 4 is 23.4 Å². The Bertz CT molecular complexity index is 1060. The highest BCUT2D eigenvalue weighted by molar-refractivity contribution is 6.46. The number of nitrogens with zero attached hydrogens (tertiary/aromatic N) is 1. The van der Waals surface area contributed by atoms with Crippen molar-refractivity contribution in [2.45, 2.75) is 19.4 Å². The minimum absolute atomic E-state index is 0.105. The van der Waals surface area contributed by atoms with E-state index in [1.807, 2.05) is 6.92 Å². The molecule has 2 aromatic rings. The van der Waals surface area contributed by atoms with Gasteiger partial charge in [0.05, 0.1) is 32.3 Å². The number of aliphatic hydroxyl groups is 1. The molecule has 1 atom stereocenters. The Morgan fingerprint density at radius 3 is 2.23 bits per heavy atom. The summed E-state index contributed by atoms with van der Waals surface area (Å²) in [7, 11) is 2.93. The molecule has 1 heterocycles. The lowest BCUT2D eigenvalue weighted by Crippen LogP contribution is -2.31. The van der Waals surface area contributed by atoms with Crippen LogP contribution in [-0.4, -0.2) is 53.5 Å². The standard InChI is InChI=1S/C23H23NO7/c1-13-4-6-14(7-5-13)21(27)19-20(15-8-9-16(30-2)17(12-15)31-3)24(11-10-18(25)26)23(29)22(19)28/h4-9,12,20,27H,10-11H2,1-3H3,(H,25,26)/b21-19-. The second-order valence-corrected chi connectivity index (χ2v) is 7.12. The molecule has 0 bridgehead atoms. The second kappa shape index (κ2) is 8.91. The summed E-state index contributed by atoms with van der Waals surface area (Å²) < 4.78 is 10.6. The van der Waals surface area contributed by atoms with Crippen LogP contribution in [0.25, 0.3) is 5.76 Å². The normalized spacial score (nSPS) is 17.6. The quantitative estimate of drug-likeness (QED) is 0.398. The SMILES string of the molecule is COc1ccc(C2/C(=C(/O)c3ccc(C)cc3)C(=O)C(=O)N2CCC(=O)O)cc1OC. The summed E-state index contributed by atoms with van der Waals surface area (Å²) in [5.74, 6) is -2.34. The van der Waals surface area contributed by atoms with Gasteiger partial charge in [-0.05, 0) is 24.6 Å². The Morgan fingerprint density at radius 2 is 1.65 bits per heavy atom. The Labute approximate surface area is 179 Å².